The highest BCUT2D eigenvalue weighted by Gasteiger charge is 2.52. The van der Waals surface area contributed by atoms with Crippen molar-refractivity contribution in [1.29, 1.82) is 0 Å². The van der Waals surface area contributed by atoms with Crippen molar-refractivity contribution in [3.05, 3.63) is 0 Å². The summed E-state index contributed by atoms with van der Waals surface area (Å²) >= 11 is 0. The monoisotopic (exact) mass is 734 g/mol. The van der Waals surface area contributed by atoms with Crippen molar-refractivity contribution in [2.45, 2.75) is 185 Å². The van der Waals surface area contributed by atoms with Gasteiger partial charge < -0.3 is 64.2 Å². The summed E-state index contributed by atoms with van der Waals surface area (Å²) in [6.07, 6.45) is -8.13. The SMILES string of the molecule is CC[C@@H](O)[C@@](C)(O)C1OC(=O)[C@H](C)[C@@H](O[C@H]2C[C@](C)(OC)[C@@H](O)C(C)O2)[C@H](C)[C@@H](O[C@@H]2OC(C)C[C@H](N(C)C)C2O)[C@](C)(O)C[C@@H](C)CN[C@@H]1C. The number of aliphatic hydroxyl groups excluding tert-OH is 3. The second-order valence-electron chi connectivity index (χ2n) is 16.7. The first kappa shape index (κ1) is 44.4. The van der Waals surface area contributed by atoms with Crippen LogP contribution in [0.25, 0.3) is 0 Å². The molecule has 0 aliphatic carbocycles. The third-order valence-electron chi connectivity index (χ3n) is 11.7. The molecule has 6 N–H and O–H groups in total. The lowest BCUT2D eigenvalue weighted by atomic mass is 9.77. The van der Waals surface area contributed by atoms with E-state index >= 15 is 0 Å². The van der Waals surface area contributed by atoms with Gasteiger partial charge in [-0.05, 0) is 94.3 Å². The highest BCUT2D eigenvalue weighted by molar-refractivity contribution is 5.73. The van der Waals surface area contributed by atoms with Crippen molar-refractivity contribution in [2.75, 3.05) is 27.7 Å². The zero-order valence-corrected chi connectivity index (χ0v) is 33.2. The minimum Gasteiger partial charge on any atom is -0.457 e. The standard InChI is InChI=1S/C37H70N2O12/c1-14-26(40)37(10,45)32-23(6)38-18-19(2)16-35(8,44)31(51-34-28(41)25(39(11)12)15-20(3)47-34)21(4)29(22(5)33(43)50-32)49-27-17-36(9,46-13)30(42)24(7)48-27/h19-32,34,38,40-42,44-45H,14-18H2,1-13H3/t19-,20?,21+,22-,23-,24?,25+,26-,27+,28?,29+,30+,31-,32?,34+,35-,36+,37-/m1/s1. The smallest absolute Gasteiger partial charge is 0.311 e. The Labute approximate surface area is 305 Å². The van der Waals surface area contributed by atoms with Crippen LogP contribution in [0.4, 0.5) is 0 Å². The van der Waals surface area contributed by atoms with E-state index in [0.717, 1.165) is 0 Å². The molecule has 0 aromatic carbocycles. The predicted molar refractivity (Wildman–Crippen MR) is 190 cm³/mol. The molecule has 3 saturated heterocycles. The van der Waals surface area contributed by atoms with Gasteiger partial charge in [0.25, 0.3) is 0 Å². The molecule has 18 atom stereocenters. The van der Waals surface area contributed by atoms with Crippen molar-refractivity contribution < 1.29 is 58.7 Å². The lowest BCUT2D eigenvalue weighted by molar-refractivity contribution is -0.318. The molecule has 300 valence electrons. The molecule has 3 aliphatic heterocycles. The number of nitrogens with zero attached hydrogens (tertiary/aromatic N) is 1. The predicted octanol–water partition coefficient (Wildman–Crippen LogP) is 1.56. The minimum atomic E-state index is -1.80. The zero-order valence-electron chi connectivity index (χ0n) is 33.2. The molecule has 3 fully saturated rings. The molecule has 0 aromatic rings. The Morgan fingerprint density at radius 2 is 1.69 bits per heavy atom. The van der Waals surface area contributed by atoms with E-state index in [4.69, 9.17) is 28.4 Å². The number of aliphatic hydroxyl groups is 5. The Bertz CT molecular complexity index is 1110. The number of methoxy groups -OCH3 is 1. The Kier molecular flexibility index (Phi) is 15.3. The number of hydrogen-bond acceptors (Lipinski definition) is 14. The molecule has 0 spiro atoms. The summed E-state index contributed by atoms with van der Waals surface area (Å²) in [6, 6.07) is -0.853. The lowest BCUT2D eigenvalue weighted by Gasteiger charge is -2.48. The largest absolute Gasteiger partial charge is 0.457 e. The molecule has 0 bridgehead atoms. The van der Waals surface area contributed by atoms with Crippen LogP contribution in [-0.4, -0.2) is 154 Å². The fourth-order valence-electron chi connectivity index (χ4n) is 8.36. The van der Waals surface area contributed by atoms with Gasteiger partial charge in [-0.25, -0.2) is 0 Å². The van der Waals surface area contributed by atoms with Crippen LogP contribution in [0.3, 0.4) is 0 Å². The topological polar surface area (TPSA) is 189 Å². The summed E-state index contributed by atoms with van der Waals surface area (Å²) < 4.78 is 37.5. The third-order valence-corrected chi connectivity index (χ3v) is 11.7. The number of rotatable bonds is 9. The number of ether oxygens (including phenoxy) is 6. The fourth-order valence-corrected chi connectivity index (χ4v) is 8.36. The van der Waals surface area contributed by atoms with E-state index in [9.17, 15) is 30.3 Å². The first-order valence-electron chi connectivity index (χ1n) is 18.8. The van der Waals surface area contributed by atoms with Crippen LogP contribution >= 0.6 is 0 Å². The Morgan fingerprint density at radius 3 is 2.25 bits per heavy atom. The summed E-state index contributed by atoms with van der Waals surface area (Å²) in [5.74, 6) is -2.61. The molecular formula is C37H70N2O12. The van der Waals surface area contributed by atoms with Crippen LogP contribution in [0.5, 0.6) is 0 Å². The van der Waals surface area contributed by atoms with E-state index in [0.29, 0.717) is 13.0 Å². The normalized spacial score (nSPS) is 47.0. The number of nitrogens with one attached hydrogen (secondary N) is 1. The van der Waals surface area contributed by atoms with Crippen molar-refractivity contribution in [1.82, 2.24) is 10.2 Å². The zero-order chi connectivity index (χ0) is 38.8. The summed E-state index contributed by atoms with van der Waals surface area (Å²) in [5, 5.41) is 60.5. The molecule has 3 rings (SSSR count). The van der Waals surface area contributed by atoms with Gasteiger partial charge in [0.05, 0.1) is 47.6 Å². The maximum atomic E-state index is 14.3. The van der Waals surface area contributed by atoms with Gasteiger partial charge in [0.1, 0.15) is 23.9 Å². The molecule has 3 aliphatic rings. The molecule has 0 saturated carbocycles. The molecule has 0 radical (unpaired) electrons. The Balaban J connectivity index is 2.14. The number of likely N-dealkylation sites (N-methyl/N-ethyl adjacent to an activating group) is 1. The van der Waals surface area contributed by atoms with Crippen molar-refractivity contribution in [3.8, 4) is 0 Å². The summed E-state index contributed by atoms with van der Waals surface area (Å²) in [7, 11) is 5.27. The van der Waals surface area contributed by atoms with Gasteiger partial charge in [-0.15, -0.1) is 0 Å². The van der Waals surface area contributed by atoms with Crippen molar-refractivity contribution >= 4 is 5.97 Å². The summed E-state index contributed by atoms with van der Waals surface area (Å²) in [5.41, 5.74) is -4.35. The van der Waals surface area contributed by atoms with Gasteiger partial charge in [0.15, 0.2) is 12.6 Å². The average Bonchev–Trinajstić information content (AvgIpc) is 3.05. The van der Waals surface area contributed by atoms with Gasteiger partial charge in [-0.2, -0.15) is 0 Å². The molecule has 51 heavy (non-hydrogen) atoms. The fraction of sp³-hybridized carbons (Fsp3) is 0.973. The molecule has 14 nitrogen and oxygen atoms in total. The lowest BCUT2D eigenvalue weighted by Crippen LogP contribution is -2.60. The van der Waals surface area contributed by atoms with Gasteiger partial charge in [0.2, 0.25) is 0 Å². The number of cyclic esters (lactones) is 1. The summed E-state index contributed by atoms with van der Waals surface area (Å²) in [6.45, 7) is 17.9. The Morgan fingerprint density at radius 1 is 1.06 bits per heavy atom. The van der Waals surface area contributed by atoms with E-state index in [1.165, 1.54) is 14.0 Å². The van der Waals surface area contributed by atoms with Crippen molar-refractivity contribution in [3.63, 3.8) is 0 Å². The average molecular weight is 735 g/mol. The first-order valence-corrected chi connectivity index (χ1v) is 18.8. The number of esters is 1. The van der Waals surface area contributed by atoms with Crippen LogP contribution < -0.4 is 5.32 Å². The van der Waals surface area contributed by atoms with Crippen LogP contribution in [0, 0.1) is 17.8 Å². The van der Waals surface area contributed by atoms with E-state index in [1.54, 1.807) is 41.5 Å². The first-order chi connectivity index (χ1) is 23.5. The maximum absolute atomic E-state index is 14.3. The number of carbonyl (C=O) groups is 1. The second-order valence-corrected chi connectivity index (χ2v) is 16.7. The molecule has 0 amide bonds. The number of hydrogen-bond donors (Lipinski definition) is 6. The molecule has 4 unspecified atom stereocenters. The van der Waals surface area contributed by atoms with Gasteiger partial charge >= 0.3 is 5.97 Å². The maximum Gasteiger partial charge on any atom is 0.311 e. The molecule has 14 heteroatoms. The quantitative estimate of drug-likeness (QED) is 0.187. The second kappa shape index (κ2) is 17.6. The highest BCUT2D eigenvalue weighted by atomic mass is 16.7. The van der Waals surface area contributed by atoms with Crippen LogP contribution in [0.15, 0.2) is 0 Å². The van der Waals surface area contributed by atoms with Crippen LogP contribution in [0.2, 0.25) is 0 Å². The molecular weight excluding hydrogens is 664 g/mol. The van der Waals surface area contributed by atoms with Gasteiger partial charge in [-0.1, -0.05) is 20.8 Å². The highest BCUT2D eigenvalue weighted by Crippen LogP contribution is 2.40. The van der Waals surface area contributed by atoms with E-state index in [-0.39, 0.29) is 37.3 Å². The van der Waals surface area contributed by atoms with E-state index in [2.05, 4.69) is 5.32 Å². The number of carbonyl (C=O) groups excluding carboxylic acids is 1. The molecule has 0 aromatic heterocycles. The minimum absolute atomic E-state index is 0.131. The van der Waals surface area contributed by atoms with Crippen LogP contribution in [-0.2, 0) is 33.2 Å². The van der Waals surface area contributed by atoms with Crippen molar-refractivity contribution in [2.24, 2.45) is 17.8 Å². The van der Waals surface area contributed by atoms with Gasteiger partial charge in [0, 0.05) is 31.5 Å². The third kappa shape index (κ3) is 10.2. The van der Waals surface area contributed by atoms with E-state index in [1.807, 2.05) is 39.8 Å². The Hall–Kier alpha value is -1.01. The van der Waals surface area contributed by atoms with E-state index < -0.39 is 96.0 Å². The summed E-state index contributed by atoms with van der Waals surface area (Å²) in [4.78, 5) is 16.2. The van der Waals surface area contributed by atoms with Gasteiger partial charge in [-0.3, -0.25) is 4.79 Å². The molecule has 3 heterocycles. The van der Waals surface area contributed by atoms with Crippen LogP contribution in [0.1, 0.15) is 94.9 Å².